The summed E-state index contributed by atoms with van der Waals surface area (Å²) in [5.41, 5.74) is 8.03. The highest BCUT2D eigenvalue weighted by Crippen LogP contribution is 2.32. The summed E-state index contributed by atoms with van der Waals surface area (Å²) < 4.78 is 20.5. The number of hydrazine groups is 1. The zero-order valence-corrected chi connectivity index (χ0v) is 14.4. The van der Waals surface area contributed by atoms with Crippen molar-refractivity contribution in [3.05, 3.63) is 72.0 Å². The van der Waals surface area contributed by atoms with Crippen LogP contribution in [0.15, 0.2) is 60.7 Å². The second-order valence-electron chi connectivity index (χ2n) is 5.94. The second-order valence-corrected chi connectivity index (χ2v) is 5.94. The summed E-state index contributed by atoms with van der Waals surface area (Å²) in [6.07, 6.45) is 2.03. The predicted molar refractivity (Wildman–Crippen MR) is 101 cm³/mol. The zero-order chi connectivity index (χ0) is 17.5. The quantitative estimate of drug-likeness (QED) is 0.433. The molecule has 0 spiro atoms. The minimum Gasteiger partial charge on any atom is -0.493 e. The fraction of sp³-hybridized carbons (Fsp3) is 0.238. The van der Waals surface area contributed by atoms with Crippen LogP contribution in [0.1, 0.15) is 25.3 Å². The Morgan fingerprint density at radius 3 is 2.44 bits per heavy atom. The van der Waals surface area contributed by atoms with Crippen molar-refractivity contribution >= 4 is 16.5 Å². The third-order valence-electron chi connectivity index (χ3n) is 4.05. The lowest BCUT2D eigenvalue weighted by Crippen LogP contribution is -2.21. The number of unbranched alkanes of at least 4 members (excludes halogenated alkanes) is 1. The lowest BCUT2D eigenvalue weighted by molar-refractivity contribution is 0.309. The number of para-hydroxylation sites is 1. The van der Waals surface area contributed by atoms with Gasteiger partial charge in [-0.2, -0.15) is 0 Å². The van der Waals surface area contributed by atoms with Gasteiger partial charge < -0.3 is 10.2 Å². The number of hydrogen-bond donors (Lipinski definition) is 2. The van der Waals surface area contributed by atoms with Gasteiger partial charge in [0.15, 0.2) is 0 Å². The molecule has 3 nitrogen and oxygen atoms in total. The Labute approximate surface area is 147 Å². The van der Waals surface area contributed by atoms with E-state index in [4.69, 9.17) is 4.74 Å². The maximum atomic E-state index is 14.5. The van der Waals surface area contributed by atoms with E-state index >= 15 is 0 Å². The van der Waals surface area contributed by atoms with E-state index in [-0.39, 0.29) is 5.82 Å². The summed E-state index contributed by atoms with van der Waals surface area (Å²) in [4.78, 5) is 0. The zero-order valence-electron chi connectivity index (χ0n) is 14.4. The van der Waals surface area contributed by atoms with Crippen molar-refractivity contribution in [1.82, 2.24) is 5.43 Å². The van der Waals surface area contributed by atoms with Crippen molar-refractivity contribution in [3.63, 3.8) is 0 Å². The van der Waals surface area contributed by atoms with Crippen molar-refractivity contribution in [2.45, 2.75) is 26.3 Å². The third-order valence-corrected chi connectivity index (χ3v) is 4.05. The Morgan fingerprint density at radius 2 is 1.68 bits per heavy atom. The molecule has 130 valence electrons. The van der Waals surface area contributed by atoms with Crippen LogP contribution in [-0.2, 0) is 6.54 Å². The maximum Gasteiger partial charge on any atom is 0.131 e. The molecule has 0 aromatic heterocycles. The first-order valence-electron chi connectivity index (χ1n) is 8.66. The van der Waals surface area contributed by atoms with Gasteiger partial charge in [0.05, 0.1) is 6.61 Å². The summed E-state index contributed by atoms with van der Waals surface area (Å²) in [5.74, 6) is 0.530. The van der Waals surface area contributed by atoms with Gasteiger partial charge in [-0.25, -0.2) is 9.82 Å². The van der Waals surface area contributed by atoms with Crippen LogP contribution >= 0.6 is 0 Å². The summed E-state index contributed by atoms with van der Waals surface area (Å²) in [7, 11) is 0. The first-order valence-corrected chi connectivity index (χ1v) is 8.66. The Morgan fingerprint density at radius 1 is 0.960 bits per heavy atom. The lowest BCUT2D eigenvalue weighted by atomic mass is 10.0. The third kappa shape index (κ3) is 4.28. The standard InChI is InChI=1S/C21H23FN2O/c1-2-3-13-25-21-16(15-23-24-17-9-5-4-6-10-17)14-20(22)18-11-7-8-12-19(18)21/h4-12,14,23-24H,2-3,13,15H2,1H3. The summed E-state index contributed by atoms with van der Waals surface area (Å²) in [6, 6.07) is 18.8. The number of benzene rings is 3. The highest BCUT2D eigenvalue weighted by Gasteiger charge is 2.13. The van der Waals surface area contributed by atoms with Crippen molar-refractivity contribution in [1.29, 1.82) is 0 Å². The molecule has 0 atom stereocenters. The Balaban J connectivity index is 1.83. The molecule has 3 aromatic carbocycles. The molecule has 0 aliphatic heterocycles. The SMILES string of the molecule is CCCCOc1c(CNNc2ccccc2)cc(F)c2ccccc12. The van der Waals surface area contributed by atoms with Gasteiger partial charge in [-0.05, 0) is 24.6 Å². The van der Waals surface area contributed by atoms with Crippen LogP contribution in [0.2, 0.25) is 0 Å². The molecule has 0 fully saturated rings. The molecule has 0 aliphatic carbocycles. The van der Waals surface area contributed by atoms with E-state index in [0.717, 1.165) is 35.2 Å². The first kappa shape index (κ1) is 17.2. The van der Waals surface area contributed by atoms with Crippen molar-refractivity contribution in [2.24, 2.45) is 0 Å². The van der Waals surface area contributed by atoms with E-state index in [1.165, 1.54) is 0 Å². The molecule has 2 N–H and O–H groups in total. The van der Waals surface area contributed by atoms with Crippen LogP contribution in [0.3, 0.4) is 0 Å². The number of halogens is 1. The Hall–Kier alpha value is -2.59. The minimum absolute atomic E-state index is 0.227. The molecule has 0 saturated heterocycles. The smallest absolute Gasteiger partial charge is 0.131 e. The maximum absolute atomic E-state index is 14.5. The van der Waals surface area contributed by atoms with Crippen molar-refractivity contribution < 1.29 is 9.13 Å². The van der Waals surface area contributed by atoms with Crippen molar-refractivity contribution in [3.8, 4) is 5.75 Å². The van der Waals surface area contributed by atoms with Crippen LogP contribution < -0.4 is 15.6 Å². The molecular weight excluding hydrogens is 315 g/mol. The number of hydrogen-bond acceptors (Lipinski definition) is 3. The molecule has 0 aliphatic rings. The Bertz CT molecular complexity index is 821. The summed E-state index contributed by atoms with van der Waals surface area (Å²) in [6.45, 7) is 3.21. The highest BCUT2D eigenvalue weighted by molar-refractivity contribution is 5.90. The van der Waals surface area contributed by atoms with E-state index in [0.29, 0.717) is 18.5 Å². The normalized spacial score (nSPS) is 10.8. The first-order chi connectivity index (χ1) is 12.3. The van der Waals surface area contributed by atoms with E-state index in [9.17, 15) is 4.39 Å². The second kappa shape index (κ2) is 8.49. The Kier molecular flexibility index (Phi) is 5.86. The van der Waals surface area contributed by atoms with Crippen LogP contribution in [-0.4, -0.2) is 6.61 Å². The molecule has 0 unspecified atom stereocenters. The van der Waals surface area contributed by atoms with Crippen LogP contribution in [0.25, 0.3) is 10.8 Å². The summed E-state index contributed by atoms with van der Waals surface area (Å²) >= 11 is 0. The molecule has 4 heteroatoms. The minimum atomic E-state index is -0.227. The number of nitrogens with one attached hydrogen (secondary N) is 2. The van der Waals surface area contributed by atoms with Crippen LogP contribution in [0.4, 0.5) is 10.1 Å². The molecule has 3 rings (SSSR count). The van der Waals surface area contributed by atoms with Gasteiger partial charge in [-0.3, -0.25) is 0 Å². The monoisotopic (exact) mass is 338 g/mol. The average Bonchev–Trinajstić information content (AvgIpc) is 2.65. The van der Waals surface area contributed by atoms with Gasteiger partial charge in [0.25, 0.3) is 0 Å². The number of fused-ring (bicyclic) bond motifs is 1. The molecule has 0 heterocycles. The fourth-order valence-corrected chi connectivity index (χ4v) is 2.74. The van der Waals surface area contributed by atoms with Crippen molar-refractivity contribution in [2.75, 3.05) is 12.0 Å². The average molecular weight is 338 g/mol. The predicted octanol–water partition coefficient (Wildman–Crippen LogP) is 5.27. The van der Waals surface area contributed by atoms with Gasteiger partial charge in [0, 0.05) is 28.6 Å². The topological polar surface area (TPSA) is 33.3 Å². The van der Waals surface area contributed by atoms with Gasteiger partial charge in [-0.1, -0.05) is 55.8 Å². The highest BCUT2D eigenvalue weighted by atomic mass is 19.1. The van der Waals surface area contributed by atoms with Gasteiger partial charge >= 0.3 is 0 Å². The molecule has 0 bridgehead atoms. The van der Waals surface area contributed by atoms with Crippen LogP contribution in [0.5, 0.6) is 5.75 Å². The van der Waals surface area contributed by atoms with Gasteiger partial charge in [-0.15, -0.1) is 0 Å². The number of rotatable bonds is 8. The van der Waals surface area contributed by atoms with E-state index in [1.807, 2.05) is 48.5 Å². The van der Waals surface area contributed by atoms with Gasteiger partial charge in [0.1, 0.15) is 11.6 Å². The molecule has 0 amide bonds. The van der Waals surface area contributed by atoms with Gasteiger partial charge in [0.2, 0.25) is 0 Å². The molecule has 0 radical (unpaired) electrons. The lowest BCUT2D eigenvalue weighted by Gasteiger charge is -2.16. The molecule has 3 aromatic rings. The van der Waals surface area contributed by atoms with E-state index < -0.39 is 0 Å². The number of ether oxygens (including phenoxy) is 1. The summed E-state index contributed by atoms with van der Waals surface area (Å²) in [5, 5.41) is 1.41. The van der Waals surface area contributed by atoms with E-state index in [2.05, 4.69) is 17.8 Å². The fourth-order valence-electron chi connectivity index (χ4n) is 2.74. The molecule has 0 saturated carbocycles. The largest absolute Gasteiger partial charge is 0.493 e. The van der Waals surface area contributed by atoms with E-state index in [1.54, 1.807) is 12.1 Å². The number of anilines is 1. The molecular formula is C21H23FN2O. The molecule has 25 heavy (non-hydrogen) atoms. The van der Waals surface area contributed by atoms with Crippen LogP contribution in [0, 0.1) is 5.82 Å².